The van der Waals surface area contributed by atoms with Crippen molar-refractivity contribution in [3.63, 3.8) is 0 Å². The van der Waals surface area contributed by atoms with Gasteiger partial charge < -0.3 is 14.2 Å². The summed E-state index contributed by atoms with van der Waals surface area (Å²) < 4.78 is 12.9. The summed E-state index contributed by atoms with van der Waals surface area (Å²) in [5.41, 5.74) is 8.77. The molecule has 8 rings (SSSR count). The molecule has 0 N–H and O–H groups in total. The largest absolute Gasteiger partial charge is 0.494 e. The Morgan fingerprint density at radius 2 is 0.978 bits per heavy atom. The summed E-state index contributed by atoms with van der Waals surface area (Å²) in [6.07, 6.45) is 0. The van der Waals surface area contributed by atoms with Gasteiger partial charge in [-0.1, -0.05) is 98.8 Å². The van der Waals surface area contributed by atoms with Crippen LogP contribution in [0.15, 0.2) is 121 Å². The Kier molecular flexibility index (Phi) is 6.13. The van der Waals surface area contributed by atoms with E-state index in [-0.39, 0.29) is 23.7 Å². The average Bonchev–Trinajstić information content (AvgIpc) is 3.40. The summed E-state index contributed by atoms with van der Waals surface area (Å²) in [6, 6.07) is 44.4. The highest BCUT2D eigenvalue weighted by atomic mass is 16.7. The van der Waals surface area contributed by atoms with Crippen molar-refractivity contribution in [2.75, 3.05) is 4.90 Å². The third kappa shape index (κ3) is 4.42. The molecule has 0 aromatic heterocycles. The van der Waals surface area contributed by atoms with E-state index >= 15 is 0 Å². The van der Waals surface area contributed by atoms with E-state index in [1.807, 2.05) is 0 Å². The zero-order valence-corrected chi connectivity index (χ0v) is 26.9. The summed E-state index contributed by atoms with van der Waals surface area (Å²) in [7, 11) is -0.383. The molecule has 0 radical (unpaired) electrons. The van der Waals surface area contributed by atoms with E-state index < -0.39 is 0 Å². The highest BCUT2D eigenvalue weighted by Crippen LogP contribution is 2.51. The Morgan fingerprint density at radius 1 is 0.467 bits per heavy atom. The minimum absolute atomic E-state index is 0.153. The fourth-order valence-electron chi connectivity index (χ4n) is 7.10. The SMILES string of the molecule is CC1(C)c2ccc(N(c3ccc4ccccc4c3)c3ccc4ccccc4c3)cc2-c2ccc(B3OC(C)(C)C(C)(C)O3)cc21. The van der Waals surface area contributed by atoms with Crippen molar-refractivity contribution in [3.8, 4) is 11.1 Å². The van der Waals surface area contributed by atoms with Crippen LogP contribution >= 0.6 is 0 Å². The van der Waals surface area contributed by atoms with Crippen LogP contribution in [0.3, 0.4) is 0 Å². The highest BCUT2D eigenvalue weighted by Gasteiger charge is 2.52. The monoisotopic (exact) mass is 587 g/mol. The van der Waals surface area contributed by atoms with Gasteiger partial charge in [-0.3, -0.25) is 0 Å². The quantitative estimate of drug-likeness (QED) is 0.192. The highest BCUT2D eigenvalue weighted by molar-refractivity contribution is 6.62. The molecule has 0 saturated carbocycles. The van der Waals surface area contributed by atoms with Crippen LogP contribution in [0.25, 0.3) is 32.7 Å². The molecule has 0 unspecified atom stereocenters. The van der Waals surface area contributed by atoms with Crippen LogP contribution in [0.1, 0.15) is 52.7 Å². The Labute approximate surface area is 266 Å². The van der Waals surface area contributed by atoms with E-state index in [9.17, 15) is 0 Å². The van der Waals surface area contributed by atoms with Gasteiger partial charge in [-0.05, 0) is 113 Å². The molecule has 3 nitrogen and oxygen atoms in total. The average molecular weight is 588 g/mol. The molecule has 0 spiro atoms. The normalized spacial score (nSPS) is 17.4. The van der Waals surface area contributed by atoms with Gasteiger partial charge in [0, 0.05) is 22.5 Å². The molecule has 1 heterocycles. The molecule has 222 valence electrons. The lowest BCUT2D eigenvalue weighted by molar-refractivity contribution is 0.00578. The van der Waals surface area contributed by atoms with E-state index in [1.165, 1.54) is 43.8 Å². The molecule has 6 aromatic rings. The number of rotatable bonds is 4. The lowest BCUT2D eigenvalue weighted by Crippen LogP contribution is -2.41. The Bertz CT molecular complexity index is 2030. The molecular weight excluding hydrogens is 549 g/mol. The Balaban J connectivity index is 1.26. The summed E-state index contributed by atoms with van der Waals surface area (Å²) >= 11 is 0. The Hall–Kier alpha value is -4.38. The number of hydrogen-bond donors (Lipinski definition) is 0. The second-order valence-corrected chi connectivity index (χ2v) is 14.1. The zero-order chi connectivity index (χ0) is 31.1. The molecule has 0 amide bonds. The first-order valence-corrected chi connectivity index (χ1v) is 15.9. The lowest BCUT2D eigenvalue weighted by Gasteiger charge is -2.32. The maximum Gasteiger partial charge on any atom is 0.494 e. The predicted octanol–water partition coefficient (Wildman–Crippen LogP) is 10.1. The third-order valence-corrected chi connectivity index (χ3v) is 10.4. The van der Waals surface area contributed by atoms with E-state index in [1.54, 1.807) is 0 Å². The molecule has 0 bridgehead atoms. The van der Waals surface area contributed by atoms with Gasteiger partial charge in [0.05, 0.1) is 11.2 Å². The zero-order valence-electron chi connectivity index (χ0n) is 26.9. The molecule has 6 aromatic carbocycles. The lowest BCUT2D eigenvalue weighted by atomic mass is 9.74. The fourth-order valence-corrected chi connectivity index (χ4v) is 7.10. The number of benzene rings is 6. The minimum atomic E-state index is -0.383. The Morgan fingerprint density at radius 3 is 1.56 bits per heavy atom. The van der Waals surface area contributed by atoms with Gasteiger partial charge in [-0.25, -0.2) is 0 Å². The van der Waals surface area contributed by atoms with E-state index in [4.69, 9.17) is 9.31 Å². The first-order chi connectivity index (χ1) is 21.5. The van der Waals surface area contributed by atoms with Gasteiger partial charge in [-0.15, -0.1) is 0 Å². The van der Waals surface area contributed by atoms with E-state index in [2.05, 4.69) is 168 Å². The minimum Gasteiger partial charge on any atom is -0.399 e. The molecule has 1 aliphatic carbocycles. The maximum absolute atomic E-state index is 6.44. The molecular formula is C41H38BNO2. The fraction of sp³-hybridized carbons (Fsp3) is 0.220. The van der Waals surface area contributed by atoms with Crippen molar-refractivity contribution in [2.24, 2.45) is 0 Å². The standard InChI is InChI=1S/C41H38BNO2/c1-39(2)37-22-20-34(26-36(37)35-21-17-31(25-38(35)39)42-44-40(3,4)41(5,6)45-42)43(32-18-15-27-11-7-9-13-29(27)23-32)33-19-16-28-12-8-10-14-30(28)24-33/h7-26H,1-6H3. The molecule has 1 fully saturated rings. The summed E-state index contributed by atoms with van der Waals surface area (Å²) in [5.74, 6) is 0. The van der Waals surface area contributed by atoms with Gasteiger partial charge in [0.15, 0.2) is 0 Å². The van der Waals surface area contributed by atoms with Gasteiger partial charge in [0.25, 0.3) is 0 Å². The molecule has 45 heavy (non-hydrogen) atoms. The summed E-state index contributed by atoms with van der Waals surface area (Å²) in [6.45, 7) is 13.1. The molecule has 2 aliphatic rings. The number of anilines is 3. The van der Waals surface area contributed by atoms with Crippen molar-refractivity contribution in [1.29, 1.82) is 0 Å². The first-order valence-electron chi connectivity index (χ1n) is 15.9. The van der Waals surface area contributed by atoms with Crippen LogP contribution in [0.4, 0.5) is 17.1 Å². The van der Waals surface area contributed by atoms with Gasteiger partial charge in [-0.2, -0.15) is 0 Å². The second-order valence-electron chi connectivity index (χ2n) is 14.1. The summed E-state index contributed by atoms with van der Waals surface area (Å²) in [4.78, 5) is 2.39. The van der Waals surface area contributed by atoms with Gasteiger partial charge in [0.2, 0.25) is 0 Å². The topological polar surface area (TPSA) is 21.7 Å². The third-order valence-electron chi connectivity index (χ3n) is 10.4. The van der Waals surface area contributed by atoms with E-state index in [0.29, 0.717) is 0 Å². The van der Waals surface area contributed by atoms with Gasteiger partial charge >= 0.3 is 7.12 Å². The van der Waals surface area contributed by atoms with Crippen molar-refractivity contribution >= 4 is 51.2 Å². The van der Waals surface area contributed by atoms with Crippen molar-refractivity contribution < 1.29 is 9.31 Å². The summed E-state index contributed by atoms with van der Waals surface area (Å²) in [5, 5.41) is 4.93. The molecule has 1 aliphatic heterocycles. The van der Waals surface area contributed by atoms with Crippen LogP contribution < -0.4 is 10.4 Å². The number of fused-ring (bicyclic) bond motifs is 5. The van der Waals surface area contributed by atoms with Crippen LogP contribution in [0.2, 0.25) is 0 Å². The smallest absolute Gasteiger partial charge is 0.399 e. The molecule has 4 heteroatoms. The van der Waals surface area contributed by atoms with Crippen molar-refractivity contribution in [1.82, 2.24) is 0 Å². The number of hydrogen-bond acceptors (Lipinski definition) is 3. The van der Waals surface area contributed by atoms with Crippen molar-refractivity contribution in [2.45, 2.75) is 58.2 Å². The molecule has 0 atom stereocenters. The van der Waals surface area contributed by atoms with Gasteiger partial charge in [0.1, 0.15) is 0 Å². The van der Waals surface area contributed by atoms with Crippen LogP contribution in [0, 0.1) is 0 Å². The van der Waals surface area contributed by atoms with Crippen molar-refractivity contribution in [3.05, 3.63) is 132 Å². The van der Waals surface area contributed by atoms with E-state index in [0.717, 1.165) is 22.5 Å². The van der Waals surface area contributed by atoms with Crippen LogP contribution in [-0.2, 0) is 14.7 Å². The second kappa shape index (κ2) is 9.81. The predicted molar refractivity (Wildman–Crippen MR) is 189 cm³/mol. The number of nitrogens with zero attached hydrogens (tertiary/aromatic N) is 1. The first kappa shape index (κ1) is 28.1. The molecule has 1 saturated heterocycles. The maximum atomic E-state index is 6.44. The van der Waals surface area contributed by atoms with Crippen LogP contribution in [0.5, 0.6) is 0 Å². The van der Waals surface area contributed by atoms with Crippen LogP contribution in [-0.4, -0.2) is 18.3 Å².